The summed E-state index contributed by atoms with van der Waals surface area (Å²) in [4.78, 5) is 0. The number of hydrogen-bond donors (Lipinski definition) is 2. The lowest BCUT2D eigenvalue weighted by Gasteiger charge is -2.15. The lowest BCUT2D eigenvalue weighted by atomic mass is 10.3. The number of anilines is 1. The summed E-state index contributed by atoms with van der Waals surface area (Å²) >= 11 is 0. The molecule has 0 heterocycles. The number of hydrogen-bond acceptors (Lipinski definition) is 3. The lowest BCUT2D eigenvalue weighted by Crippen LogP contribution is -2.34. The molecule has 0 spiro atoms. The Bertz CT molecular complexity index is 506. The van der Waals surface area contributed by atoms with Crippen LogP contribution in [0.1, 0.15) is 13.8 Å². The zero-order valence-electron chi connectivity index (χ0n) is 10.2. The summed E-state index contributed by atoms with van der Waals surface area (Å²) in [6, 6.07) is 2.69. The Morgan fingerprint density at radius 1 is 1.33 bits per heavy atom. The van der Waals surface area contributed by atoms with E-state index in [0.717, 1.165) is 12.1 Å². The summed E-state index contributed by atoms with van der Waals surface area (Å²) in [6.07, 6.45) is 0. The van der Waals surface area contributed by atoms with Gasteiger partial charge in [0, 0.05) is 12.6 Å². The summed E-state index contributed by atoms with van der Waals surface area (Å²) in [6.45, 7) is 4.26. The molecule has 0 bridgehead atoms. The number of nitrogens with one attached hydrogen (secondary N) is 2. The van der Waals surface area contributed by atoms with Gasteiger partial charge in [0.1, 0.15) is 11.6 Å². The Balaban J connectivity index is 2.82. The molecule has 1 atom stereocenters. The summed E-state index contributed by atoms with van der Waals surface area (Å²) in [7, 11) is -3.70. The van der Waals surface area contributed by atoms with Gasteiger partial charge < -0.3 is 5.32 Å². The van der Waals surface area contributed by atoms with Gasteiger partial charge in [0.15, 0.2) is 0 Å². The van der Waals surface area contributed by atoms with E-state index in [1.165, 1.54) is 6.92 Å². The average molecular weight is 278 g/mol. The Labute approximate surface area is 105 Å². The molecule has 1 aromatic carbocycles. The van der Waals surface area contributed by atoms with E-state index in [4.69, 9.17) is 0 Å². The van der Waals surface area contributed by atoms with Crippen LogP contribution in [0.5, 0.6) is 0 Å². The SMILES string of the molecule is CCNCC(C)S(=O)(=O)Nc1ccc(F)cc1F. The third-order valence-corrected chi connectivity index (χ3v) is 4.13. The Hall–Kier alpha value is -1.21. The van der Waals surface area contributed by atoms with Gasteiger partial charge in [-0.05, 0) is 25.6 Å². The maximum absolute atomic E-state index is 13.3. The first-order valence-electron chi connectivity index (χ1n) is 5.54. The summed E-state index contributed by atoms with van der Waals surface area (Å²) < 4.78 is 51.8. The smallest absolute Gasteiger partial charge is 0.236 e. The van der Waals surface area contributed by atoms with Crippen LogP contribution in [0.2, 0.25) is 0 Å². The van der Waals surface area contributed by atoms with E-state index in [1.807, 2.05) is 6.92 Å². The second kappa shape index (κ2) is 6.10. The second-order valence-corrected chi connectivity index (χ2v) is 5.99. The molecule has 1 rings (SSSR count). The van der Waals surface area contributed by atoms with Crippen molar-refractivity contribution in [3.05, 3.63) is 29.8 Å². The molecule has 1 aromatic rings. The van der Waals surface area contributed by atoms with E-state index < -0.39 is 26.9 Å². The molecule has 0 amide bonds. The van der Waals surface area contributed by atoms with Crippen molar-refractivity contribution >= 4 is 15.7 Å². The Morgan fingerprint density at radius 3 is 2.56 bits per heavy atom. The topological polar surface area (TPSA) is 58.2 Å². The lowest BCUT2D eigenvalue weighted by molar-refractivity contribution is 0.574. The molecule has 7 heteroatoms. The van der Waals surface area contributed by atoms with Crippen LogP contribution >= 0.6 is 0 Å². The highest BCUT2D eigenvalue weighted by molar-refractivity contribution is 7.93. The van der Waals surface area contributed by atoms with Crippen molar-refractivity contribution in [1.29, 1.82) is 0 Å². The van der Waals surface area contributed by atoms with Gasteiger partial charge in [-0.3, -0.25) is 4.72 Å². The molecule has 4 nitrogen and oxygen atoms in total. The van der Waals surface area contributed by atoms with Crippen molar-refractivity contribution in [2.75, 3.05) is 17.8 Å². The van der Waals surface area contributed by atoms with Gasteiger partial charge in [-0.1, -0.05) is 6.92 Å². The standard InChI is InChI=1S/C11H16F2N2O2S/c1-3-14-7-8(2)18(16,17)15-11-5-4-9(12)6-10(11)13/h4-6,8,14-15H,3,7H2,1-2H3. The molecule has 0 aliphatic rings. The van der Waals surface area contributed by atoms with Crippen LogP contribution in [0.15, 0.2) is 18.2 Å². The molecular formula is C11H16F2N2O2S. The first-order chi connectivity index (χ1) is 8.36. The molecule has 0 fully saturated rings. The molecule has 0 aliphatic heterocycles. The van der Waals surface area contributed by atoms with Crippen molar-refractivity contribution in [3.63, 3.8) is 0 Å². The predicted molar refractivity (Wildman–Crippen MR) is 66.9 cm³/mol. The zero-order chi connectivity index (χ0) is 13.8. The van der Waals surface area contributed by atoms with Gasteiger partial charge in [0.05, 0.1) is 10.9 Å². The fourth-order valence-electron chi connectivity index (χ4n) is 1.28. The molecule has 2 N–H and O–H groups in total. The molecule has 0 saturated carbocycles. The van der Waals surface area contributed by atoms with Gasteiger partial charge in [-0.25, -0.2) is 17.2 Å². The predicted octanol–water partition coefficient (Wildman–Crippen LogP) is 1.70. The van der Waals surface area contributed by atoms with Crippen molar-refractivity contribution in [3.8, 4) is 0 Å². The van der Waals surface area contributed by atoms with E-state index in [2.05, 4.69) is 10.0 Å². The van der Waals surface area contributed by atoms with Gasteiger partial charge in [-0.15, -0.1) is 0 Å². The maximum atomic E-state index is 13.3. The van der Waals surface area contributed by atoms with Gasteiger partial charge >= 0.3 is 0 Å². The van der Waals surface area contributed by atoms with Crippen LogP contribution in [0.3, 0.4) is 0 Å². The average Bonchev–Trinajstić information content (AvgIpc) is 2.29. The number of sulfonamides is 1. The largest absolute Gasteiger partial charge is 0.316 e. The molecule has 0 aliphatic carbocycles. The minimum Gasteiger partial charge on any atom is -0.316 e. The summed E-state index contributed by atoms with van der Waals surface area (Å²) in [5.41, 5.74) is -0.250. The molecule has 1 unspecified atom stereocenters. The van der Waals surface area contributed by atoms with Crippen LogP contribution < -0.4 is 10.0 Å². The van der Waals surface area contributed by atoms with Crippen molar-refractivity contribution in [2.24, 2.45) is 0 Å². The van der Waals surface area contributed by atoms with Gasteiger partial charge in [0.25, 0.3) is 0 Å². The minimum absolute atomic E-state index is 0.250. The highest BCUT2D eigenvalue weighted by Gasteiger charge is 2.21. The van der Waals surface area contributed by atoms with E-state index >= 15 is 0 Å². The number of benzene rings is 1. The van der Waals surface area contributed by atoms with E-state index in [9.17, 15) is 17.2 Å². The van der Waals surface area contributed by atoms with Gasteiger partial charge in [0.2, 0.25) is 10.0 Å². The summed E-state index contributed by atoms with van der Waals surface area (Å²) in [5, 5.41) is 2.17. The monoisotopic (exact) mass is 278 g/mol. The molecule has 0 radical (unpaired) electrons. The quantitative estimate of drug-likeness (QED) is 0.832. The normalized spacial score (nSPS) is 13.3. The third kappa shape index (κ3) is 3.92. The molecule has 0 aromatic heterocycles. The van der Waals surface area contributed by atoms with Gasteiger partial charge in [-0.2, -0.15) is 0 Å². The summed E-state index contributed by atoms with van der Waals surface area (Å²) in [5.74, 6) is -1.69. The van der Waals surface area contributed by atoms with E-state index in [-0.39, 0.29) is 12.2 Å². The van der Waals surface area contributed by atoms with Crippen LogP contribution in [0.4, 0.5) is 14.5 Å². The Morgan fingerprint density at radius 2 is 2.00 bits per heavy atom. The van der Waals surface area contributed by atoms with E-state index in [0.29, 0.717) is 12.6 Å². The maximum Gasteiger partial charge on any atom is 0.236 e. The first kappa shape index (κ1) is 14.8. The van der Waals surface area contributed by atoms with Crippen LogP contribution in [-0.2, 0) is 10.0 Å². The van der Waals surface area contributed by atoms with E-state index in [1.54, 1.807) is 0 Å². The van der Waals surface area contributed by atoms with Crippen molar-refractivity contribution < 1.29 is 17.2 Å². The molecule has 0 saturated heterocycles. The highest BCUT2D eigenvalue weighted by Crippen LogP contribution is 2.17. The third-order valence-electron chi connectivity index (χ3n) is 2.39. The molecule has 102 valence electrons. The fourth-order valence-corrected chi connectivity index (χ4v) is 2.29. The molecule has 18 heavy (non-hydrogen) atoms. The molecular weight excluding hydrogens is 262 g/mol. The first-order valence-corrected chi connectivity index (χ1v) is 7.09. The number of rotatable bonds is 6. The second-order valence-electron chi connectivity index (χ2n) is 3.89. The van der Waals surface area contributed by atoms with Crippen molar-refractivity contribution in [1.82, 2.24) is 5.32 Å². The fraction of sp³-hybridized carbons (Fsp3) is 0.455. The minimum atomic E-state index is -3.70. The van der Waals surface area contributed by atoms with Crippen molar-refractivity contribution in [2.45, 2.75) is 19.1 Å². The Kier molecular flexibility index (Phi) is 5.03. The highest BCUT2D eigenvalue weighted by atomic mass is 32.2. The number of halogens is 2. The zero-order valence-corrected chi connectivity index (χ0v) is 11.0. The van der Waals surface area contributed by atoms with Crippen LogP contribution in [0.25, 0.3) is 0 Å². The van der Waals surface area contributed by atoms with Crippen LogP contribution in [-0.4, -0.2) is 26.8 Å². The van der Waals surface area contributed by atoms with Crippen LogP contribution in [0, 0.1) is 11.6 Å².